The van der Waals surface area contributed by atoms with Crippen molar-refractivity contribution in [3.8, 4) is 5.69 Å². The maximum absolute atomic E-state index is 14.3. The normalized spacial score (nSPS) is 11.1. The molecule has 2 aromatic carbocycles. The Balaban J connectivity index is 2.18. The van der Waals surface area contributed by atoms with Gasteiger partial charge in [0.05, 0.1) is 5.52 Å². The minimum absolute atomic E-state index is 0.295. The van der Waals surface area contributed by atoms with Crippen molar-refractivity contribution in [1.82, 2.24) is 20.3 Å². The summed E-state index contributed by atoms with van der Waals surface area (Å²) in [4.78, 5) is 0. The first-order valence-corrected chi connectivity index (χ1v) is 6.60. The van der Waals surface area contributed by atoms with Crippen molar-refractivity contribution in [2.45, 2.75) is 13.5 Å². The number of rotatable bonds is 4. The quantitative estimate of drug-likeness (QED) is 0.792. The molecule has 0 fully saturated rings. The number of para-hydroxylation sites is 2. The Morgan fingerprint density at radius 1 is 1.15 bits per heavy atom. The van der Waals surface area contributed by atoms with Gasteiger partial charge in [-0.25, -0.2) is 9.07 Å². The molecule has 102 valence electrons. The van der Waals surface area contributed by atoms with Gasteiger partial charge >= 0.3 is 0 Å². The van der Waals surface area contributed by atoms with Gasteiger partial charge in [0.15, 0.2) is 0 Å². The van der Waals surface area contributed by atoms with E-state index in [1.165, 1.54) is 6.07 Å². The molecule has 0 spiro atoms. The number of hydrogen-bond acceptors (Lipinski definition) is 3. The van der Waals surface area contributed by atoms with Gasteiger partial charge in [-0.2, -0.15) is 0 Å². The van der Waals surface area contributed by atoms with Gasteiger partial charge in [0.25, 0.3) is 0 Å². The largest absolute Gasteiger partial charge is 0.313 e. The number of halogens is 1. The molecule has 0 aliphatic rings. The molecule has 1 N–H and O–H groups in total. The lowest BCUT2D eigenvalue weighted by Crippen LogP contribution is -2.15. The standard InChI is InChI=1S/C15H15FN4/c1-2-17-10-11-6-5-7-12(16)15(11)20-14-9-4-3-8-13(14)18-19-20/h3-9,17H,2,10H2,1H3. The van der Waals surface area contributed by atoms with Crippen LogP contribution in [0.1, 0.15) is 12.5 Å². The van der Waals surface area contributed by atoms with Crippen LogP contribution in [0.4, 0.5) is 4.39 Å². The number of nitrogens with one attached hydrogen (secondary N) is 1. The van der Waals surface area contributed by atoms with Crippen molar-refractivity contribution in [2.75, 3.05) is 6.54 Å². The van der Waals surface area contributed by atoms with Crippen LogP contribution in [0, 0.1) is 5.82 Å². The Kier molecular flexibility index (Phi) is 3.43. The van der Waals surface area contributed by atoms with Crippen LogP contribution in [0.2, 0.25) is 0 Å². The molecule has 1 aromatic heterocycles. The van der Waals surface area contributed by atoms with Gasteiger partial charge in [-0.15, -0.1) is 5.10 Å². The van der Waals surface area contributed by atoms with Crippen molar-refractivity contribution in [1.29, 1.82) is 0 Å². The molecule has 5 heteroatoms. The van der Waals surface area contributed by atoms with E-state index in [4.69, 9.17) is 0 Å². The van der Waals surface area contributed by atoms with Crippen molar-refractivity contribution < 1.29 is 4.39 Å². The lowest BCUT2D eigenvalue weighted by atomic mass is 10.1. The highest BCUT2D eigenvalue weighted by Crippen LogP contribution is 2.22. The molecule has 1 heterocycles. The zero-order valence-corrected chi connectivity index (χ0v) is 11.2. The van der Waals surface area contributed by atoms with Crippen molar-refractivity contribution in [2.24, 2.45) is 0 Å². The Bertz CT molecular complexity index is 736. The molecule has 0 atom stereocenters. The second kappa shape index (κ2) is 5.38. The molecule has 0 saturated heterocycles. The van der Waals surface area contributed by atoms with Crippen LogP contribution >= 0.6 is 0 Å². The molecule has 3 rings (SSSR count). The van der Waals surface area contributed by atoms with Crippen molar-refractivity contribution in [3.63, 3.8) is 0 Å². The maximum atomic E-state index is 14.3. The van der Waals surface area contributed by atoms with E-state index < -0.39 is 0 Å². The molecule has 0 amide bonds. The maximum Gasteiger partial charge on any atom is 0.149 e. The van der Waals surface area contributed by atoms with Crippen LogP contribution < -0.4 is 5.32 Å². The number of benzene rings is 2. The topological polar surface area (TPSA) is 42.7 Å². The second-order valence-corrected chi connectivity index (χ2v) is 4.52. The zero-order chi connectivity index (χ0) is 13.9. The third-order valence-electron chi connectivity index (χ3n) is 3.20. The molecule has 20 heavy (non-hydrogen) atoms. The van der Waals surface area contributed by atoms with Crippen LogP contribution in [0.5, 0.6) is 0 Å². The van der Waals surface area contributed by atoms with Crippen LogP contribution in [0.15, 0.2) is 42.5 Å². The van der Waals surface area contributed by atoms with E-state index in [-0.39, 0.29) is 5.82 Å². The number of aromatic nitrogens is 3. The lowest BCUT2D eigenvalue weighted by Gasteiger charge is -2.11. The Morgan fingerprint density at radius 2 is 2.00 bits per heavy atom. The molecule has 0 radical (unpaired) electrons. The van der Waals surface area contributed by atoms with E-state index in [0.717, 1.165) is 23.1 Å². The van der Waals surface area contributed by atoms with Gasteiger partial charge in [-0.3, -0.25) is 0 Å². The highest BCUT2D eigenvalue weighted by Gasteiger charge is 2.14. The van der Waals surface area contributed by atoms with Gasteiger partial charge in [0, 0.05) is 6.54 Å². The minimum atomic E-state index is -0.295. The van der Waals surface area contributed by atoms with Gasteiger partial charge in [-0.05, 0) is 30.3 Å². The molecule has 0 saturated carbocycles. The number of hydrogen-bond donors (Lipinski definition) is 1. The molecule has 0 aliphatic heterocycles. The van der Waals surface area contributed by atoms with Crippen LogP contribution in [-0.2, 0) is 6.54 Å². The summed E-state index contributed by atoms with van der Waals surface area (Å²) < 4.78 is 15.8. The number of nitrogens with zero attached hydrogens (tertiary/aromatic N) is 3. The minimum Gasteiger partial charge on any atom is -0.313 e. The fraction of sp³-hybridized carbons (Fsp3) is 0.200. The van der Waals surface area contributed by atoms with Crippen LogP contribution in [-0.4, -0.2) is 21.5 Å². The SMILES string of the molecule is CCNCc1cccc(F)c1-n1nnc2ccccc21. The third-order valence-corrected chi connectivity index (χ3v) is 3.20. The van der Waals surface area contributed by atoms with E-state index in [9.17, 15) is 4.39 Å². The lowest BCUT2D eigenvalue weighted by molar-refractivity contribution is 0.601. The van der Waals surface area contributed by atoms with Crippen molar-refractivity contribution in [3.05, 3.63) is 53.8 Å². The highest BCUT2D eigenvalue weighted by molar-refractivity contribution is 5.76. The highest BCUT2D eigenvalue weighted by atomic mass is 19.1. The summed E-state index contributed by atoms with van der Waals surface area (Å²) >= 11 is 0. The van der Waals surface area contributed by atoms with Gasteiger partial charge < -0.3 is 5.32 Å². The molecule has 0 unspecified atom stereocenters. The summed E-state index contributed by atoms with van der Waals surface area (Å²) in [6.45, 7) is 3.44. The number of fused-ring (bicyclic) bond motifs is 1. The van der Waals surface area contributed by atoms with Gasteiger partial charge in [-0.1, -0.05) is 36.4 Å². The van der Waals surface area contributed by atoms with E-state index >= 15 is 0 Å². The average Bonchev–Trinajstić information content (AvgIpc) is 2.89. The summed E-state index contributed by atoms with van der Waals surface area (Å²) in [7, 11) is 0. The second-order valence-electron chi connectivity index (χ2n) is 4.52. The van der Waals surface area contributed by atoms with Crippen LogP contribution in [0.3, 0.4) is 0 Å². The fourth-order valence-electron chi connectivity index (χ4n) is 2.23. The smallest absolute Gasteiger partial charge is 0.149 e. The fourth-order valence-corrected chi connectivity index (χ4v) is 2.23. The molecule has 3 aromatic rings. The Hall–Kier alpha value is -2.27. The molecule has 4 nitrogen and oxygen atoms in total. The van der Waals surface area contributed by atoms with Crippen LogP contribution in [0.25, 0.3) is 16.7 Å². The monoisotopic (exact) mass is 270 g/mol. The van der Waals surface area contributed by atoms with Gasteiger partial charge in [0.1, 0.15) is 17.0 Å². The first-order chi connectivity index (χ1) is 9.81. The molecular weight excluding hydrogens is 255 g/mol. The summed E-state index contributed by atoms with van der Waals surface area (Å²) in [5, 5.41) is 11.4. The summed E-state index contributed by atoms with van der Waals surface area (Å²) in [5.74, 6) is -0.295. The summed E-state index contributed by atoms with van der Waals surface area (Å²) in [6, 6.07) is 12.6. The Labute approximate surface area is 116 Å². The molecule has 0 aliphatic carbocycles. The van der Waals surface area contributed by atoms with E-state index in [1.807, 2.05) is 37.3 Å². The first-order valence-electron chi connectivity index (χ1n) is 6.60. The van der Waals surface area contributed by atoms with Crippen molar-refractivity contribution >= 4 is 11.0 Å². The first kappa shape index (κ1) is 12.7. The van der Waals surface area contributed by atoms with E-state index in [1.54, 1.807) is 10.7 Å². The summed E-state index contributed by atoms with van der Waals surface area (Å²) in [6.07, 6.45) is 0. The molecular formula is C15H15FN4. The predicted molar refractivity (Wildman–Crippen MR) is 76.2 cm³/mol. The molecule has 0 bridgehead atoms. The summed E-state index contributed by atoms with van der Waals surface area (Å²) in [5.41, 5.74) is 2.88. The van der Waals surface area contributed by atoms with Gasteiger partial charge in [0.2, 0.25) is 0 Å². The van der Waals surface area contributed by atoms with E-state index in [2.05, 4.69) is 15.6 Å². The third kappa shape index (κ3) is 2.16. The predicted octanol–water partition coefficient (Wildman–Crippen LogP) is 2.67. The zero-order valence-electron chi connectivity index (χ0n) is 11.2. The average molecular weight is 270 g/mol. The van der Waals surface area contributed by atoms with E-state index in [0.29, 0.717) is 12.2 Å². The Morgan fingerprint density at radius 3 is 2.85 bits per heavy atom.